The molecule has 0 amide bonds. The fourth-order valence-electron chi connectivity index (χ4n) is 2.64. The zero-order chi connectivity index (χ0) is 12.5. The summed E-state index contributed by atoms with van der Waals surface area (Å²) < 4.78 is 1.05. The summed E-state index contributed by atoms with van der Waals surface area (Å²) in [4.78, 5) is 0. The molecule has 0 spiro atoms. The molecule has 1 N–H and O–H groups in total. The third-order valence-corrected chi connectivity index (χ3v) is 4.60. The lowest BCUT2D eigenvalue weighted by molar-refractivity contribution is 0.263. The average Bonchev–Trinajstić information content (AvgIpc) is 3.06. The molecular weight excluding hydrogens is 298 g/mol. The summed E-state index contributed by atoms with van der Waals surface area (Å²) in [7, 11) is 2.03. The van der Waals surface area contributed by atoms with Crippen LogP contribution in [0.1, 0.15) is 25.3 Å². The number of nitrogens with one attached hydrogen (secondary N) is 1. The van der Waals surface area contributed by atoms with Crippen molar-refractivity contribution >= 4 is 27.5 Å². The van der Waals surface area contributed by atoms with Crippen molar-refractivity contribution in [2.24, 2.45) is 11.3 Å². The normalized spacial score (nSPS) is 19.1. The van der Waals surface area contributed by atoms with Gasteiger partial charge in [0.25, 0.3) is 0 Å². The lowest BCUT2D eigenvalue weighted by Gasteiger charge is -2.30. The van der Waals surface area contributed by atoms with Crippen LogP contribution >= 0.6 is 27.5 Å². The largest absolute Gasteiger partial charge is 0.319 e. The smallest absolute Gasteiger partial charge is 0.0449 e. The first-order chi connectivity index (χ1) is 8.05. The molecule has 1 atom stereocenters. The number of halogens is 2. The van der Waals surface area contributed by atoms with E-state index in [9.17, 15) is 0 Å². The highest BCUT2D eigenvalue weighted by atomic mass is 79.9. The summed E-state index contributed by atoms with van der Waals surface area (Å²) >= 11 is 9.76. The van der Waals surface area contributed by atoms with Crippen molar-refractivity contribution in [2.75, 3.05) is 13.6 Å². The maximum absolute atomic E-state index is 6.31. The molecule has 3 heteroatoms. The van der Waals surface area contributed by atoms with Gasteiger partial charge in [0, 0.05) is 16.0 Å². The maximum atomic E-state index is 6.31. The van der Waals surface area contributed by atoms with Crippen molar-refractivity contribution in [1.82, 2.24) is 5.32 Å². The molecule has 0 heterocycles. The standard InChI is InChI=1S/C14H19BrClN/c1-14(9-17-2,11-4-5-11)8-10-3-6-12(15)7-13(10)16/h3,6-7,11,17H,4-5,8-9H2,1-2H3. The average molecular weight is 317 g/mol. The second-order valence-corrected chi connectivity index (χ2v) is 6.69. The van der Waals surface area contributed by atoms with Gasteiger partial charge in [-0.05, 0) is 55.3 Å². The minimum absolute atomic E-state index is 0.340. The van der Waals surface area contributed by atoms with Crippen molar-refractivity contribution in [3.05, 3.63) is 33.3 Å². The topological polar surface area (TPSA) is 12.0 Å². The van der Waals surface area contributed by atoms with Gasteiger partial charge in [-0.15, -0.1) is 0 Å². The molecule has 0 saturated heterocycles. The van der Waals surface area contributed by atoms with Crippen LogP contribution in [0, 0.1) is 11.3 Å². The Morgan fingerprint density at radius 3 is 2.71 bits per heavy atom. The monoisotopic (exact) mass is 315 g/mol. The molecule has 1 aromatic rings. The first-order valence-electron chi connectivity index (χ1n) is 6.14. The second-order valence-electron chi connectivity index (χ2n) is 5.37. The van der Waals surface area contributed by atoms with Gasteiger partial charge in [0.05, 0.1) is 0 Å². The summed E-state index contributed by atoms with van der Waals surface area (Å²) in [6.45, 7) is 3.43. The van der Waals surface area contributed by atoms with E-state index in [0.29, 0.717) is 5.41 Å². The van der Waals surface area contributed by atoms with Gasteiger partial charge in [-0.2, -0.15) is 0 Å². The molecule has 94 valence electrons. The molecule has 1 fully saturated rings. The molecule has 1 saturated carbocycles. The van der Waals surface area contributed by atoms with Gasteiger partial charge in [0.1, 0.15) is 0 Å². The van der Waals surface area contributed by atoms with E-state index in [2.05, 4.69) is 40.3 Å². The van der Waals surface area contributed by atoms with Crippen LogP contribution in [0.2, 0.25) is 5.02 Å². The minimum atomic E-state index is 0.340. The van der Waals surface area contributed by atoms with Crippen molar-refractivity contribution < 1.29 is 0 Å². The number of benzene rings is 1. The fourth-order valence-corrected chi connectivity index (χ4v) is 3.38. The van der Waals surface area contributed by atoms with E-state index in [-0.39, 0.29) is 0 Å². The SMILES string of the molecule is CNCC(C)(Cc1ccc(Br)cc1Cl)C1CC1. The quantitative estimate of drug-likeness (QED) is 0.855. The van der Waals surface area contributed by atoms with Crippen LogP contribution in [0.3, 0.4) is 0 Å². The fraction of sp³-hybridized carbons (Fsp3) is 0.571. The van der Waals surface area contributed by atoms with Crippen molar-refractivity contribution in [1.29, 1.82) is 0 Å². The molecule has 0 aliphatic heterocycles. The molecule has 17 heavy (non-hydrogen) atoms. The molecular formula is C14H19BrClN. The minimum Gasteiger partial charge on any atom is -0.319 e. The predicted octanol–water partition coefficient (Wildman–Crippen LogP) is 4.28. The third-order valence-electron chi connectivity index (χ3n) is 3.75. The molecule has 2 rings (SSSR count). The predicted molar refractivity (Wildman–Crippen MR) is 77.6 cm³/mol. The van der Waals surface area contributed by atoms with Crippen LogP contribution in [0.5, 0.6) is 0 Å². The Morgan fingerprint density at radius 1 is 1.47 bits per heavy atom. The Balaban J connectivity index is 2.17. The van der Waals surface area contributed by atoms with E-state index in [4.69, 9.17) is 11.6 Å². The highest BCUT2D eigenvalue weighted by Crippen LogP contribution is 2.47. The van der Waals surface area contributed by atoms with E-state index in [1.54, 1.807) is 0 Å². The van der Waals surface area contributed by atoms with Gasteiger partial charge in [0.2, 0.25) is 0 Å². The van der Waals surface area contributed by atoms with E-state index in [0.717, 1.165) is 28.4 Å². The molecule has 0 aromatic heterocycles. The maximum Gasteiger partial charge on any atom is 0.0449 e. The van der Waals surface area contributed by atoms with Crippen LogP contribution < -0.4 is 5.32 Å². The highest BCUT2D eigenvalue weighted by Gasteiger charge is 2.41. The van der Waals surface area contributed by atoms with E-state index < -0.39 is 0 Å². The van der Waals surface area contributed by atoms with Gasteiger partial charge < -0.3 is 5.32 Å². The molecule has 1 unspecified atom stereocenters. The molecule has 1 aliphatic carbocycles. The van der Waals surface area contributed by atoms with E-state index >= 15 is 0 Å². The molecule has 1 aliphatic rings. The van der Waals surface area contributed by atoms with Crippen molar-refractivity contribution in [3.63, 3.8) is 0 Å². The van der Waals surface area contributed by atoms with Crippen LogP contribution in [0.15, 0.2) is 22.7 Å². The lowest BCUT2D eigenvalue weighted by atomic mass is 9.79. The first kappa shape index (κ1) is 13.4. The zero-order valence-corrected chi connectivity index (χ0v) is 12.7. The van der Waals surface area contributed by atoms with Crippen LogP contribution in [0.25, 0.3) is 0 Å². The molecule has 0 radical (unpaired) electrons. The number of hydrogen-bond acceptors (Lipinski definition) is 1. The van der Waals surface area contributed by atoms with Crippen LogP contribution in [-0.2, 0) is 6.42 Å². The van der Waals surface area contributed by atoms with E-state index in [1.807, 2.05) is 13.1 Å². The summed E-state index contributed by atoms with van der Waals surface area (Å²) in [5.74, 6) is 0.856. The Bertz CT molecular complexity index is 403. The number of hydrogen-bond donors (Lipinski definition) is 1. The summed E-state index contributed by atoms with van der Waals surface area (Å²) in [5, 5.41) is 4.21. The Labute approximate surface area is 117 Å². The summed E-state index contributed by atoms with van der Waals surface area (Å²) in [5.41, 5.74) is 1.60. The second kappa shape index (κ2) is 5.29. The number of rotatable bonds is 5. The van der Waals surface area contributed by atoms with E-state index in [1.165, 1.54) is 18.4 Å². The van der Waals surface area contributed by atoms with Crippen molar-refractivity contribution in [2.45, 2.75) is 26.2 Å². The first-order valence-corrected chi connectivity index (χ1v) is 7.31. The van der Waals surface area contributed by atoms with Crippen LogP contribution in [-0.4, -0.2) is 13.6 Å². The Kier molecular flexibility index (Phi) is 4.17. The van der Waals surface area contributed by atoms with Gasteiger partial charge >= 0.3 is 0 Å². The summed E-state index contributed by atoms with van der Waals surface area (Å²) in [6.07, 6.45) is 3.79. The molecule has 1 nitrogen and oxygen atoms in total. The summed E-state index contributed by atoms with van der Waals surface area (Å²) in [6, 6.07) is 6.21. The molecule has 0 bridgehead atoms. The molecule has 1 aromatic carbocycles. The van der Waals surface area contributed by atoms with Gasteiger partial charge in [-0.3, -0.25) is 0 Å². The van der Waals surface area contributed by atoms with Gasteiger partial charge in [0.15, 0.2) is 0 Å². The van der Waals surface area contributed by atoms with Crippen molar-refractivity contribution in [3.8, 4) is 0 Å². The highest BCUT2D eigenvalue weighted by molar-refractivity contribution is 9.10. The Hall–Kier alpha value is -0.0500. The van der Waals surface area contributed by atoms with Gasteiger partial charge in [-0.25, -0.2) is 0 Å². The Morgan fingerprint density at radius 2 is 2.18 bits per heavy atom. The van der Waals surface area contributed by atoms with Crippen LogP contribution in [0.4, 0.5) is 0 Å². The zero-order valence-electron chi connectivity index (χ0n) is 10.4. The van der Waals surface area contributed by atoms with Gasteiger partial charge in [-0.1, -0.05) is 40.5 Å². The third kappa shape index (κ3) is 3.24. The lowest BCUT2D eigenvalue weighted by Crippen LogP contribution is -2.33.